The highest BCUT2D eigenvalue weighted by Crippen LogP contribution is 2.49. The van der Waals surface area contributed by atoms with Gasteiger partial charge in [0.25, 0.3) is 0 Å². The van der Waals surface area contributed by atoms with E-state index in [0.29, 0.717) is 6.42 Å². The minimum Gasteiger partial charge on any atom is -0.170 e. The van der Waals surface area contributed by atoms with Crippen molar-refractivity contribution in [1.82, 2.24) is 0 Å². The van der Waals surface area contributed by atoms with Gasteiger partial charge in [0.15, 0.2) is 0 Å². The van der Waals surface area contributed by atoms with Gasteiger partial charge in [-0.1, -0.05) is 26.0 Å². The van der Waals surface area contributed by atoms with E-state index in [2.05, 4.69) is 0 Å². The quantitative estimate of drug-likeness (QED) is 0.560. The van der Waals surface area contributed by atoms with Crippen molar-refractivity contribution in [3.05, 3.63) is 12.2 Å². The number of allylic oxidation sites excluding steroid dienone is 2. The molecule has 0 bridgehead atoms. The molecule has 1 aliphatic carbocycles. The van der Waals surface area contributed by atoms with Gasteiger partial charge in [0, 0.05) is 0 Å². The molecule has 2 atom stereocenters. The van der Waals surface area contributed by atoms with Crippen LogP contribution in [0.3, 0.4) is 0 Å². The Morgan fingerprint density at radius 3 is 2.00 bits per heavy atom. The van der Waals surface area contributed by atoms with Crippen LogP contribution in [0.5, 0.6) is 0 Å². The van der Waals surface area contributed by atoms with Gasteiger partial charge < -0.3 is 0 Å². The number of alkyl halides is 3. The van der Waals surface area contributed by atoms with Gasteiger partial charge in [-0.3, -0.25) is 0 Å². The lowest BCUT2D eigenvalue weighted by Crippen LogP contribution is -2.37. The Hall–Kier alpha value is -0.470. The summed E-state index contributed by atoms with van der Waals surface area (Å²) in [6.45, 7) is 5.30. The lowest BCUT2D eigenvalue weighted by Gasteiger charge is -2.38. The summed E-state index contributed by atoms with van der Waals surface area (Å²) in [5.74, 6) is 0. The molecule has 0 radical (unpaired) electrons. The zero-order valence-electron chi connectivity index (χ0n) is 8.91. The summed E-state index contributed by atoms with van der Waals surface area (Å²) in [4.78, 5) is 0. The van der Waals surface area contributed by atoms with E-state index >= 15 is 0 Å². The Morgan fingerprint density at radius 1 is 1.14 bits per heavy atom. The summed E-state index contributed by atoms with van der Waals surface area (Å²) in [6, 6.07) is 0. The average molecular weight is 206 g/mol. The van der Waals surface area contributed by atoms with Crippen LogP contribution in [-0.4, -0.2) is 6.18 Å². The van der Waals surface area contributed by atoms with Crippen LogP contribution in [0.1, 0.15) is 40.0 Å². The topological polar surface area (TPSA) is 0 Å². The third-order valence-corrected chi connectivity index (χ3v) is 3.52. The van der Waals surface area contributed by atoms with Crippen LogP contribution < -0.4 is 0 Å². The maximum absolute atomic E-state index is 12.6. The summed E-state index contributed by atoms with van der Waals surface area (Å²) < 4.78 is 37.9. The van der Waals surface area contributed by atoms with Crippen molar-refractivity contribution in [3.63, 3.8) is 0 Å². The molecule has 82 valence electrons. The van der Waals surface area contributed by atoms with E-state index in [9.17, 15) is 13.2 Å². The molecule has 0 spiro atoms. The molecule has 1 aliphatic rings. The number of halogens is 3. The highest BCUT2D eigenvalue weighted by atomic mass is 19.4. The van der Waals surface area contributed by atoms with Crippen LogP contribution in [0, 0.1) is 10.8 Å². The zero-order valence-corrected chi connectivity index (χ0v) is 8.91. The lowest BCUT2D eigenvalue weighted by atomic mass is 9.69. The summed E-state index contributed by atoms with van der Waals surface area (Å²) >= 11 is 0. The van der Waals surface area contributed by atoms with E-state index in [1.54, 1.807) is 6.08 Å². The van der Waals surface area contributed by atoms with Crippen LogP contribution in [0.15, 0.2) is 12.2 Å². The third kappa shape index (κ3) is 1.96. The van der Waals surface area contributed by atoms with E-state index in [1.807, 2.05) is 13.8 Å². The summed E-state index contributed by atoms with van der Waals surface area (Å²) in [5.41, 5.74) is -1.65. The first-order valence-electron chi connectivity index (χ1n) is 5.00. The fourth-order valence-corrected chi connectivity index (χ4v) is 1.63. The molecule has 0 aromatic carbocycles. The van der Waals surface area contributed by atoms with Crippen molar-refractivity contribution in [2.45, 2.75) is 46.2 Å². The second-order valence-electron chi connectivity index (χ2n) is 4.76. The van der Waals surface area contributed by atoms with Crippen molar-refractivity contribution in [2.75, 3.05) is 0 Å². The fourth-order valence-electron chi connectivity index (χ4n) is 1.63. The zero-order chi connectivity index (χ0) is 11.0. The van der Waals surface area contributed by atoms with Crippen molar-refractivity contribution < 1.29 is 13.2 Å². The molecular weight excluding hydrogens is 189 g/mol. The predicted octanol–water partition coefficient (Wildman–Crippen LogP) is 4.32. The molecule has 2 unspecified atom stereocenters. The Kier molecular flexibility index (Phi) is 2.72. The lowest BCUT2D eigenvalue weighted by molar-refractivity contribution is -0.205. The van der Waals surface area contributed by atoms with Crippen molar-refractivity contribution >= 4 is 0 Å². The normalized spacial score (nSPS) is 38.7. The largest absolute Gasteiger partial charge is 0.397 e. The molecule has 0 aromatic rings. The molecule has 0 N–H and O–H groups in total. The van der Waals surface area contributed by atoms with Gasteiger partial charge in [-0.25, -0.2) is 0 Å². The van der Waals surface area contributed by atoms with Crippen LogP contribution in [-0.2, 0) is 0 Å². The Labute approximate surface area is 83.2 Å². The van der Waals surface area contributed by atoms with Gasteiger partial charge in [-0.2, -0.15) is 13.2 Å². The van der Waals surface area contributed by atoms with Gasteiger partial charge in [-0.05, 0) is 31.6 Å². The van der Waals surface area contributed by atoms with Crippen molar-refractivity contribution in [1.29, 1.82) is 0 Å². The molecule has 0 aliphatic heterocycles. The van der Waals surface area contributed by atoms with Gasteiger partial charge in [0.05, 0.1) is 5.41 Å². The van der Waals surface area contributed by atoms with Gasteiger partial charge in [-0.15, -0.1) is 0 Å². The SMILES string of the molecule is CCC1(C)C=CC(C)(C(F)(F)F)CC1. The minimum atomic E-state index is -4.11. The molecule has 0 nitrogen and oxygen atoms in total. The summed E-state index contributed by atoms with van der Waals surface area (Å²) in [7, 11) is 0. The molecule has 3 heteroatoms. The second kappa shape index (κ2) is 3.28. The molecule has 0 heterocycles. The van der Waals surface area contributed by atoms with Crippen LogP contribution in [0.25, 0.3) is 0 Å². The average Bonchev–Trinajstić information content (AvgIpc) is 2.09. The van der Waals surface area contributed by atoms with Crippen molar-refractivity contribution in [3.8, 4) is 0 Å². The number of hydrogen-bond acceptors (Lipinski definition) is 0. The molecule has 14 heavy (non-hydrogen) atoms. The van der Waals surface area contributed by atoms with E-state index in [-0.39, 0.29) is 11.8 Å². The highest BCUT2D eigenvalue weighted by molar-refractivity contribution is 5.11. The minimum absolute atomic E-state index is 0.0369. The van der Waals surface area contributed by atoms with Gasteiger partial charge in [0.2, 0.25) is 0 Å². The maximum Gasteiger partial charge on any atom is 0.397 e. The number of rotatable bonds is 1. The van der Waals surface area contributed by atoms with Crippen LogP contribution in [0.4, 0.5) is 13.2 Å². The predicted molar refractivity (Wildman–Crippen MR) is 50.9 cm³/mol. The smallest absolute Gasteiger partial charge is 0.170 e. The first kappa shape index (κ1) is 11.6. The Morgan fingerprint density at radius 2 is 1.71 bits per heavy atom. The van der Waals surface area contributed by atoms with E-state index in [4.69, 9.17) is 0 Å². The monoisotopic (exact) mass is 206 g/mol. The molecule has 0 saturated carbocycles. The molecule has 0 aromatic heterocycles. The number of hydrogen-bond donors (Lipinski definition) is 0. The summed E-state index contributed by atoms with van der Waals surface area (Å²) in [6.07, 6.45) is 0.702. The second-order valence-corrected chi connectivity index (χ2v) is 4.76. The van der Waals surface area contributed by atoms with Crippen LogP contribution in [0.2, 0.25) is 0 Å². The Balaban J connectivity index is 2.87. The standard InChI is InChI=1S/C11H17F3/c1-4-9(2)5-7-10(3,8-6-9)11(12,13)14/h5,7H,4,6,8H2,1-3H3. The summed E-state index contributed by atoms with van der Waals surface area (Å²) in [5, 5.41) is 0. The molecule has 0 amide bonds. The third-order valence-electron chi connectivity index (χ3n) is 3.52. The maximum atomic E-state index is 12.6. The van der Waals surface area contributed by atoms with Gasteiger partial charge >= 0.3 is 6.18 Å². The van der Waals surface area contributed by atoms with E-state index in [1.165, 1.54) is 13.0 Å². The first-order valence-corrected chi connectivity index (χ1v) is 5.00. The fraction of sp³-hybridized carbons (Fsp3) is 0.818. The highest BCUT2D eigenvalue weighted by Gasteiger charge is 2.51. The van der Waals surface area contributed by atoms with E-state index in [0.717, 1.165) is 6.42 Å². The van der Waals surface area contributed by atoms with Gasteiger partial charge in [0.1, 0.15) is 0 Å². The first-order chi connectivity index (χ1) is 6.22. The molecule has 0 fully saturated rings. The molecule has 1 rings (SSSR count). The van der Waals surface area contributed by atoms with Crippen LogP contribution >= 0.6 is 0 Å². The Bertz CT molecular complexity index is 241. The van der Waals surface area contributed by atoms with E-state index < -0.39 is 11.6 Å². The van der Waals surface area contributed by atoms with Crippen molar-refractivity contribution in [2.24, 2.45) is 10.8 Å². The molecule has 0 saturated heterocycles. The molecular formula is C11H17F3.